The van der Waals surface area contributed by atoms with Crippen LogP contribution in [0.15, 0.2) is 18.2 Å². The lowest BCUT2D eigenvalue weighted by atomic mass is 10.2. The number of amides is 1. The van der Waals surface area contributed by atoms with Crippen molar-refractivity contribution in [1.29, 1.82) is 0 Å². The molecule has 19 heavy (non-hydrogen) atoms. The summed E-state index contributed by atoms with van der Waals surface area (Å²) >= 11 is 0. The average molecular weight is 266 g/mol. The largest absolute Gasteiger partial charge is 0.495 e. The van der Waals surface area contributed by atoms with E-state index in [-0.39, 0.29) is 18.5 Å². The van der Waals surface area contributed by atoms with Gasteiger partial charge in [0.2, 0.25) is 5.91 Å². The average Bonchev–Trinajstić information content (AvgIpc) is 2.34. The standard InChI is InChI=1S/C13H18N2O4/c1-9(16)15-11-4-5-13(18-3)12(8-11)14-6-7-19-10(2)17/h4-5,8,14H,6-7H2,1-3H3,(H,15,16). The number of carbonyl (C=O) groups excluding carboxylic acids is 2. The number of carbonyl (C=O) groups is 2. The molecule has 0 saturated carbocycles. The second kappa shape index (κ2) is 7.25. The highest BCUT2D eigenvalue weighted by molar-refractivity contribution is 5.89. The van der Waals surface area contributed by atoms with Crippen molar-refractivity contribution in [3.05, 3.63) is 18.2 Å². The summed E-state index contributed by atoms with van der Waals surface area (Å²) < 4.78 is 10.0. The van der Waals surface area contributed by atoms with Crippen LogP contribution in [0.5, 0.6) is 5.75 Å². The van der Waals surface area contributed by atoms with Crippen LogP contribution in [0.1, 0.15) is 13.8 Å². The molecule has 2 N–H and O–H groups in total. The van der Waals surface area contributed by atoms with Crippen LogP contribution in [0.4, 0.5) is 11.4 Å². The summed E-state index contributed by atoms with van der Waals surface area (Å²) in [5.41, 5.74) is 1.39. The zero-order valence-corrected chi connectivity index (χ0v) is 11.3. The molecule has 0 aliphatic heterocycles. The van der Waals surface area contributed by atoms with Gasteiger partial charge in [0.25, 0.3) is 0 Å². The Kier molecular flexibility index (Phi) is 5.66. The number of hydrogen-bond acceptors (Lipinski definition) is 5. The van der Waals surface area contributed by atoms with Gasteiger partial charge >= 0.3 is 5.97 Å². The topological polar surface area (TPSA) is 76.7 Å². The highest BCUT2D eigenvalue weighted by atomic mass is 16.5. The molecule has 0 unspecified atom stereocenters. The molecule has 1 amide bonds. The maximum atomic E-state index is 11.0. The van der Waals surface area contributed by atoms with Crippen molar-refractivity contribution in [3.8, 4) is 5.75 Å². The molecule has 1 aromatic rings. The van der Waals surface area contributed by atoms with Crippen molar-refractivity contribution in [2.45, 2.75) is 13.8 Å². The number of ether oxygens (including phenoxy) is 2. The van der Waals surface area contributed by atoms with Crippen molar-refractivity contribution in [2.75, 3.05) is 30.9 Å². The fourth-order valence-corrected chi connectivity index (χ4v) is 1.51. The first-order valence-corrected chi connectivity index (χ1v) is 5.86. The molecule has 0 aliphatic rings. The van der Waals surface area contributed by atoms with Crippen LogP contribution in [0, 0.1) is 0 Å². The van der Waals surface area contributed by atoms with Crippen LogP contribution >= 0.6 is 0 Å². The van der Waals surface area contributed by atoms with Gasteiger partial charge in [-0.15, -0.1) is 0 Å². The second-order valence-corrected chi connectivity index (χ2v) is 3.86. The molecular weight excluding hydrogens is 248 g/mol. The number of hydrogen-bond donors (Lipinski definition) is 2. The van der Waals surface area contributed by atoms with Crippen LogP contribution in [0.25, 0.3) is 0 Å². The maximum absolute atomic E-state index is 11.0. The summed E-state index contributed by atoms with van der Waals surface area (Å²) in [4.78, 5) is 21.6. The Labute approximate surface area is 112 Å². The number of anilines is 2. The summed E-state index contributed by atoms with van der Waals surface area (Å²) in [5, 5.41) is 5.76. The van der Waals surface area contributed by atoms with Gasteiger partial charge in [0.1, 0.15) is 12.4 Å². The number of esters is 1. The Balaban J connectivity index is 2.67. The van der Waals surface area contributed by atoms with Crippen molar-refractivity contribution >= 4 is 23.3 Å². The minimum atomic E-state index is -0.319. The molecule has 0 aromatic heterocycles. The number of rotatable bonds is 6. The minimum absolute atomic E-state index is 0.143. The lowest BCUT2D eigenvalue weighted by Crippen LogP contribution is -2.13. The molecule has 0 fully saturated rings. The van der Waals surface area contributed by atoms with Crippen LogP contribution < -0.4 is 15.4 Å². The zero-order valence-electron chi connectivity index (χ0n) is 11.3. The zero-order chi connectivity index (χ0) is 14.3. The summed E-state index contributed by atoms with van der Waals surface area (Å²) in [6.45, 7) is 3.53. The van der Waals surface area contributed by atoms with Gasteiger partial charge in [-0.1, -0.05) is 0 Å². The van der Waals surface area contributed by atoms with Crippen LogP contribution in [0.2, 0.25) is 0 Å². The Morgan fingerprint density at radius 1 is 1.26 bits per heavy atom. The minimum Gasteiger partial charge on any atom is -0.495 e. The molecule has 6 nitrogen and oxygen atoms in total. The predicted molar refractivity (Wildman–Crippen MR) is 72.4 cm³/mol. The van der Waals surface area contributed by atoms with E-state index in [2.05, 4.69) is 10.6 Å². The Bertz CT molecular complexity index is 460. The van der Waals surface area contributed by atoms with Gasteiger partial charge in [0.05, 0.1) is 12.8 Å². The Hall–Kier alpha value is -2.24. The molecule has 1 rings (SSSR count). The highest BCUT2D eigenvalue weighted by Gasteiger charge is 2.05. The lowest BCUT2D eigenvalue weighted by Gasteiger charge is -2.13. The van der Waals surface area contributed by atoms with E-state index in [9.17, 15) is 9.59 Å². The van der Waals surface area contributed by atoms with E-state index in [4.69, 9.17) is 9.47 Å². The van der Waals surface area contributed by atoms with Gasteiger partial charge in [-0.2, -0.15) is 0 Å². The molecular formula is C13H18N2O4. The molecule has 0 heterocycles. The molecule has 6 heteroatoms. The SMILES string of the molecule is COc1ccc(NC(C)=O)cc1NCCOC(C)=O. The molecule has 0 saturated heterocycles. The van der Waals surface area contributed by atoms with E-state index in [1.807, 2.05) is 0 Å². The van der Waals surface area contributed by atoms with E-state index >= 15 is 0 Å². The van der Waals surface area contributed by atoms with E-state index in [1.54, 1.807) is 25.3 Å². The van der Waals surface area contributed by atoms with E-state index < -0.39 is 0 Å². The van der Waals surface area contributed by atoms with Gasteiger partial charge in [-0.05, 0) is 18.2 Å². The monoisotopic (exact) mass is 266 g/mol. The predicted octanol–water partition coefficient (Wildman–Crippen LogP) is 1.63. The summed E-state index contributed by atoms with van der Waals surface area (Å²) in [5.74, 6) is 0.189. The summed E-state index contributed by atoms with van der Waals surface area (Å²) in [6.07, 6.45) is 0. The van der Waals surface area contributed by atoms with Gasteiger partial charge in [-0.3, -0.25) is 9.59 Å². The normalized spacial score (nSPS) is 9.63. The molecule has 0 bridgehead atoms. The Morgan fingerprint density at radius 2 is 2.00 bits per heavy atom. The summed E-state index contributed by atoms with van der Waals surface area (Å²) in [7, 11) is 1.56. The fourth-order valence-electron chi connectivity index (χ4n) is 1.51. The maximum Gasteiger partial charge on any atom is 0.302 e. The first-order chi connectivity index (χ1) is 9.02. The third-order valence-electron chi connectivity index (χ3n) is 2.24. The van der Waals surface area contributed by atoms with E-state index in [0.717, 1.165) is 5.69 Å². The molecule has 1 aromatic carbocycles. The van der Waals surface area contributed by atoms with Crippen molar-refractivity contribution in [2.24, 2.45) is 0 Å². The second-order valence-electron chi connectivity index (χ2n) is 3.86. The first-order valence-electron chi connectivity index (χ1n) is 5.86. The number of nitrogens with one attached hydrogen (secondary N) is 2. The quantitative estimate of drug-likeness (QED) is 0.604. The number of methoxy groups -OCH3 is 1. The van der Waals surface area contributed by atoms with Crippen LogP contribution in [-0.4, -0.2) is 32.1 Å². The molecule has 104 valence electrons. The molecule has 0 atom stereocenters. The van der Waals surface area contributed by atoms with Gasteiger partial charge in [-0.25, -0.2) is 0 Å². The Morgan fingerprint density at radius 3 is 2.58 bits per heavy atom. The number of benzene rings is 1. The van der Waals surface area contributed by atoms with Gasteiger partial charge in [0.15, 0.2) is 0 Å². The van der Waals surface area contributed by atoms with Crippen molar-refractivity contribution < 1.29 is 19.1 Å². The molecule has 0 spiro atoms. The highest BCUT2D eigenvalue weighted by Crippen LogP contribution is 2.27. The smallest absolute Gasteiger partial charge is 0.302 e. The lowest BCUT2D eigenvalue weighted by molar-refractivity contribution is -0.140. The fraction of sp³-hybridized carbons (Fsp3) is 0.385. The van der Waals surface area contributed by atoms with Gasteiger partial charge in [0, 0.05) is 26.1 Å². The van der Waals surface area contributed by atoms with Gasteiger partial charge < -0.3 is 20.1 Å². The first kappa shape index (κ1) is 14.8. The van der Waals surface area contributed by atoms with Crippen LogP contribution in [-0.2, 0) is 14.3 Å². The van der Waals surface area contributed by atoms with Crippen molar-refractivity contribution in [3.63, 3.8) is 0 Å². The molecule has 0 aliphatic carbocycles. The van der Waals surface area contributed by atoms with E-state index in [1.165, 1.54) is 13.8 Å². The van der Waals surface area contributed by atoms with E-state index in [0.29, 0.717) is 18.0 Å². The third kappa shape index (κ3) is 5.29. The summed E-state index contributed by atoms with van der Waals surface area (Å²) in [6, 6.07) is 5.25. The van der Waals surface area contributed by atoms with Crippen LogP contribution in [0.3, 0.4) is 0 Å². The molecule has 0 radical (unpaired) electrons. The van der Waals surface area contributed by atoms with Crippen molar-refractivity contribution in [1.82, 2.24) is 0 Å². The third-order valence-corrected chi connectivity index (χ3v) is 2.24.